The fourth-order valence-corrected chi connectivity index (χ4v) is 4.03. The highest BCUT2D eigenvalue weighted by Gasteiger charge is 2.25. The minimum atomic E-state index is -4.03. The van der Waals surface area contributed by atoms with Crippen LogP contribution < -0.4 is 10.5 Å². The molecule has 0 fully saturated rings. The number of benzene rings is 1. The second-order valence-corrected chi connectivity index (χ2v) is 6.98. The number of primary amides is 1. The highest BCUT2D eigenvalue weighted by atomic mass is 35.5. The van der Waals surface area contributed by atoms with Crippen molar-refractivity contribution in [2.45, 2.75) is 18.7 Å². The summed E-state index contributed by atoms with van der Waals surface area (Å²) in [6.07, 6.45) is 0. The maximum atomic E-state index is 12.5. The molecule has 4 N–H and O–H groups in total. The number of halogens is 2. The third kappa shape index (κ3) is 3.03. The fourth-order valence-electron chi connectivity index (χ4n) is 1.82. The number of carbonyl (C=O) groups excluding carboxylic acids is 1. The van der Waals surface area contributed by atoms with Gasteiger partial charge < -0.3 is 5.73 Å². The molecule has 10 heteroatoms. The molecule has 118 valence electrons. The normalized spacial score (nSPS) is 11.5. The average molecular weight is 363 g/mol. The van der Waals surface area contributed by atoms with Gasteiger partial charge in [-0.05, 0) is 31.0 Å². The molecule has 0 bridgehead atoms. The Kier molecular flexibility index (Phi) is 4.37. The Morgan fingerprint density at radius 2 is 1.95 bits per heavy atom. The Balaban J connectivity index is 2.49. The summed E-state index contributed by atoms with van der Waals surface area (Å²) < 4.78 is 27.2. The van der Waals surface area contributed by atoms with Crippen LogP contribution in [-0.4, -0.2) is 24.5 Å². The van der Waals surface area contributed by atoms with Gasteiger partial charge in [-0.2, -0.15) is 5.10 Å². The molecule has 1 amide bonds. The lowest BCUT2D eigenvalue weighted by Gasteiger charge is -2.13. The van der Waals surface area contributed by atoms with Gasteiger partial charge in [-0.25, -0.2) is 8.42 Å². The van der Waals surface area contributed by atoms with E-state index in [1.54, 1.807) is 19.9 Å². The van der Waals surface area contributed by atoms with Crippen LogP contribution in [0.3, 0.4) is 0 Å². The van der Waals surface area contributed by atoms with Crippen LogP contribution >= 0.6 is 23.2 Å². The summed E-state index contributed by atoms with van der Waals surface area (Å²) in [6.45, 7) is 3.19. The Bertz CT molecular complexity index is 835. The van der Waals surface area contributed by atoms with Crippen LogP contribution in [0.25, 0.3) is 0 Å². The molecule has 0 spiro atoms. The predicted molar refractivity (Wildman–Crippen MR) is 83.9 cm³/mol. The number of hydrogen-bond donors (Lipinski definition) is 3. The number of aromatic amines is 1. The van der Waals surface area contributed by atoms with E-state index in [0.717, 1.165) is 0 Å². The summed E-state index contributed by atoms with van der Waals surface area (Å²) in [4.78, 5) is 10.8. The number of nitrogens with zero attached hydrogens (tertiary/aromatic N) is 1. The smallest absolute Gasteiger partial charge is 0.266 e. The zero-order valence-corrected chi connectivity index (χ0v) is 13.9. The van der Waals surface area contributed by atoms with Gasteiger partial charge in [-0.3, -0.25) is 14.6 Å². The van der Waals surface area contributed by atoms with Gasteiger partial charge in [-0.15, -0.1) is 0 Å². The molecule has 0 unspecified atom stereocenters. The number of H-pyrrole nitrogens is 1. The van der Waals surface area contributed by atoms with Crippen molar-refractivity contribution in [2.75, 3.05) is 4.72 Å². The fraction of sp³-hybridized carbons (Fsp3) is 0.167. The predicted octanol–water partition coefficient (Wildman–Crippen LogP) is 2.23. The zero-order chi connectivity index (χ0) is 16.7. The van der Waals surface area contributed by atoms with Gasteiger partial charge in [0.1, 0.15) is 10.6 Å². The third-order valence-electron chi connectivity index (χ3n) is 2.94. The van der Waals surface area contributed by atoms with Crippen molar-refractivity contribution in [3.63, 3.8) is 0 Å². The van der Waals surface area contributed by atoms with Crippen LogP contribution in [0.4, 0.5) is 5.82 Å². The first kappa shape index (κ1) is 16.6. The van der Waals surface area contributed by atoms with Crippen molar-refractivity contribution in [3.8, 4) is 0 Å². The van der Waals surface area contributed by atoms with Crippen LogP contribution in [0.1, 0.15) is 21.6 Å². The number of sulfonamides is 1. The standard InChI is InChI=1S/C12H12Cl2N4O3S/c1-5-3-7(13)6(2)11(10(5)14)22(20,21)18-9-4-8(12(15)19)16-17-9/h3-4H,1-2H3,(H2,15,19)(H2,16,17,18). The summed E-state index contributed by atoms with van der Waals surface area (Å²) in [6, 6.07) is 2.76. The van der Waals surface area contributed by atoms with Crippen LogP contribution in [0.5, 0.6) is 0 Å². The summed E-state index contributed by atoms with van der Waals surface area (Å²) in [5, 5.41) is 6.33. The summed E-state index contributed by atoms with van der Waals surface area (Å²) >= 11 is 12.1. The second-order valence-electron chi connectivity index (χ2n) is 4.58. The zero-order valence-electron chi connectivity index (χ0n) is 11.6. The molecule has 1 heterocycles. The molecule has 0 aliphatic heterocycles. The van der Waals surface area contributed by atoms with Gasteiger partial charge >= 0.3 is 0 Å². The number of aromatic nitrogens is 2. The summed E-state index contributed by atoms with van der Waals surface area (Å²) in [5.41, 5.74) is 5.88. The Morgan fingerprint density at radius 3 is 2.50 bits per heavy atom. The number of anilines is 1. The van der Waals surface area contributed by atoms with E-state index in [1.807, 2.05) is 0 Å². The number of rotatable bonds is 4. The molecule has 0 saturated heterocycles. The van der Waals surface area contributed by atoms with Crippen molar-refractivity contribution in [3.05, 3.63) is 39.0 Å². The highest BCUT2D eigenvalue weighted by Crippen LogP contribution is 2.34. The number of nitrogens with two attached hydrogens (primary N) is 1. The summed E-state index contributed by atoms with van der Waals surface area (Å²) in [5.74, 6) is -0.840. The number of carbonyl (C=O) groups is 1. The maximum Gasteiger partial charge on any atom is 0.266 e. The molecule has 2 aromatic rings. The number of hydrogen-bond acceptors (Lipinski definition) is 4. The first-order valence-electron chi connectivity index (χ1n) is 5.96. The SMILES string of the molecule is Cc1cc(Cl)c(C)c(S(=O)(=O)Nc2cc(C(N)=O)[nH]n2)c1Cl. The van der Waals surface area contributed by atoms with Crippen LogP contribution in [0.15, 0.2) is 17.0 Å². The second kappa shape index (κ2) is 5.79. The molecule has 7 nitrogen and oxygen atoms in total. The highest BCUT2D eigenvalue weighted by molar-refractivity contribution is 7.92. The first-order valence-corrected chi connectivity index (χ1v) is 8.20. The van der Waals surface area contributed by atoms with E-state index in [0.29, 0.717) is 11.1 Å². The van der Waals surface area contributed by atoms with Gasteiger partial charge in [-0.1, -0.05) is 23.2 Å². The van der Waals surface area contributed by atoms with E-state index in [1.165, 1.54) is 6.07 Å². The van der Waals surface area contributed by atoms with E-state index in [4.69, 9.17) is 28.9 Å². The van der Waals surface area contributed by atoms with E-state index < -0.39 is 15.9 Å². The van der Waals surface area contributed by atoms with Crippen molar-refractivity contribution in [1.82, 2.24) is 10.2 Å². The molecule has 0 aliphatic carbocycles. The van der Waals surface area contributed by atoms with Gasteiger partial charge in [0, 0.05) is 11.1 Å². The molecule has 0 aliphatic rings. The van der Waals surface area contributed by atoms with Gasteiger partial charge in [0.2, 0.25) is 0 Å². The van der Waals surface area contributed by atoms with Crippen molar-refractivity contribution in [2.24, 2.45) is 5.73 Å². The molecule has 1 aromatic heterocycles. The lowest BCUT2D eigenvalue weighted by molar-refractivity contribution is 0.0995. The van der Waals surface area contributed by atoms with E-state index in [-0.39, 0.29) is 26.5 Å². The van der Waals surface area contributed by atoms with Crippen molar-refractivity contribution < 1.29 is 13.2 Å². The third-order valence-corrected chi connectivity index (χ3v) is 5.46. The number of amides is 1. The summed E-state index contributed by atoms with van der Waals surface area (Å²) in [7, 11) is -4.03. The molecule has 22 heavy (non-hydrogen) atoms. The molecule has 0 radical (unpaired) electrons. The average Bonchev–Trinajstić information content (AvgIpc) is 2.84. The largest absolute Gasteiger partial charge is 0.364 e. The van der Waals surface area contributed by atoms with Crippen LogP contribution in [0.2, 0.25) is 10.0 Å². The van der Waals surface area contributed by atoms with Gasteiger partial charge in [0.15, 0.2) is 5.82 Å². The van der Waals surface area contributed by atoms with Crippen LogP contribution in [-0.2, 0) is 10.0 Å². The topological polar surface area (TPSA) is 118 Å². The quantitative estimate of drug-likeness (QED) is 0.772. The number of nitrogens with one attached hydrogen (secondary N) is 2. The first-order chi connectivity index (χ1) is 10.1. The molecular formula is C12H12Cl2N4O3S. The van der Waals surface area contributed by atoms with Gasteiger partial charge in [0.05, 0.1) is 5.02 Å². The Labute approximate surface area is 136 Å². The Morgan fingerprint density at radius 1 is 1.32 bits per heavy atom. The molecule has 0 saturated carbocycles. The van der Waals surface area contributed by atoms with Gasteiger partial charge in [0.25, 0.3) is 15.9 Å². The van der Waals surface area contributed by atoms with Crippen molar-refractivity contribution >= 4 is 45.0 Å². The lowest BCUT2D eigenvalue weighted by Crippen LogP contribution is -2.16. The van der Waals surface area contributed by atoms with E-state index in [2.05, 4.69) is 14.9 Å². The van der Waals surface area contributed by atoms with Crippen LogP contribution in [0, 0.1) is 13.8 Å². The van der Waals surface area contributed by atoms with E-state index in [9.17, 15) is 13.2 Å². The minimum Gasteiger partial charge on any atom is -0.364 e. The monoisotopic (exact) mass is 362 g/mol. The van der Waals surface area contributed by atoms with Crippen molar-refractivity contribution in [1.29, 1.82) is 0 Å². The molecular weight excluding hydrogens is 351 g/mol. The molecule has 1 aromatic carbocycles. The van der Waals surface area contributed by atoms with E-state index >= 15 is 0 Å². The molecule has 2 rings (SSSR count). The maximum absolute atomic E-state index is 12.5. The number of aryl methyl sites for hydroxylation is 1. The minimum absolute atomic E-state index is 0.0252. The molecule has 0 atom stereocenters. The lowest BCUT2D eigenvalue weighted by atomic mass is 10.2. The Hall–Kier alpha value is -1.77.